The number of hydrogen-bond donors (Lipinski definition) is 2. The fraction of sp³-hybridized carbons (Fsp3) is 0.600. The largest absolute Gasteiger partial charge is 0.400 e. The second-order valence-corrected chi connectivity index (χ2v) is 3.33. The van der Waals surface area contributed by atoms with Crippen molar-refractivity contribution in [1.82, 2.24) is 9.97 Å². The van der Waals surface area contributed by atoms with Gasteiger partial charge >= 0.3 is 0 Å². The summed E-state index contributed by atoms with van der Waals surface area (Å²) in [6, 6.07) is 1.72. The lowest BCUT2D eigenvalue weighted by molar-refractivity contribution is 0.399. The Morgan fingerprint density at radius 1 is 1.27 bits per heavy atom. The summed E-state index contributed by atoms with van der Waals surface area (Å²) in [6.07, 6.45) is 5.50. The van der Waals surface area contributed by atoms with Gasteiger partial charge in [0.1, 0.15) is 5.82 Å². The summed E-state index contributed by atoms with van der Waals surface area (Å²) in [7, 11) is 1.00. The zero-order valence-electron chi connectivity index (χ0n) is 9.06. The second kappa shape index (κ2) is 6.19. The van der Waals surface area contributed by atoms with E-state index in [0.29, 0.717) is 5.82 Å². The lowest BCUT2D eigenvalue weighted by Gasteiger charge is -2.26. The number of rotatable bonds is 1. The normalized spacial score (nSPS) is 15.5. The summed E-state index contributed by atoms with van der Waals surface area (Å²) in [5, 5.41) is 7.00. The number of aliphatic hydroxyl groups is 1. The number of aliphatic hydroxyl groups excluding tert-OH is 1. The van der Waals surface area contributed by atoms with Gasteiger partial charge in [-0.15, -0.1) is 0 Å². The van der Waals surface area contributed by atoms with Gasteiger partial charge in [0.05, 0.1) is 0 Å². The van der Waals surface area contributed by atoms with Crippen LogP contribution in [0.5, 0.6) is 0 Å². The van der Waals surface area contributed by atoms with Crippen molar-refractivity contribution in [3.05, 3.63) is 12.3 Å². The minimum Gasteiger partial charge on any atom is -0.400 e. The van der Waals surface area contributed by atoms with Crippen molar-refractivity contribution < 1.29 is 5.11 Å². The Bertz CT molecular complexity index is 287. The van der Waals surface area contributed by atoms with Crippen LogP contribution < -0.4 is 10.6 Å². The molecule has 1 aliphatic heterocycles. The van der Waals surface area contributed by atoms with Gasteiger partial charge in [-0.2, -0.15) is 4.98 Å². The molecule has 5 nitrogen and oxygen atoms in total. The molecule has 84 valence electrons. The van der Waals surface area contributed by atoms with Crippen LogP contribution in [0.25, 0.3) is 0 Å². The van der Waals surface area contributed by atoms with Crippen molar-refractivity contribution >= 4 is 11.8 Å². The molecule has 2 heterocycles. The van der Waals surface area contributed by atoms with Crippen molar-refractivity contribution in [2.24, 2.45) is 0 Å². The number of nitrogen functional groups attached to an aromatic ring is 1. The summed E-state index contributed by atoms with van der Waals surface area (Å²) in [4.78, 5) is 10.6. The Labute approximate surface area is 90.0 Å². The first-order chi connectivity index (χ1) is 7.36. The lowest BCUT2D eigenvalue weighted by Crippen LogP contribution is -2.31. The molecule has 0 bridgehead atoms. The van der Waals surface area contributed by atoms with Gasteiger partial charge in [-0.05, 0) is 25.3 Å². The third-order valence-electron chi connectivity index (χ3n) is 2.30. The quantitative estimate of drug-likeness (QED) is 0.712. The van der Waals surface area contributed by atoms with E-state index in [1.165, 1.54) is 19.3 Å². The maximum absolute atomic E-state index is 7.00. The zero-order chi connectivity index (χ0) is 11.1. The highest BCUT2D eigenvalue weighted by Gasteiger charge is 2.12. The second-order valence-electron chi connectivity index (χ2n) is 3.33. The highest BCUT2D eigenvalue weighted by molar-refractivity contribution is 5.37. The van der Waals surface area contributed by atoms with Crippen LogP contribution in [0.2, 0.25) is 0 Å². The molecule has 1 saturated heterocycles. The molecule has 0 amide bonds. The topological polar surface area (TPSA) is 75.3 Å². The molecule has 0 saturated carbocycles. The number of hydrogen-bond acceptors (Lipinski definition) is 5. The van der Waals surface area contributed by atoms with E-state index < -0.39 is 0 Å². The molecule has 0 radical (unpaired) electrons. The van der Waals surface area contributed by atoms with Gasteiger partial charge in [-0.3, -0.25) is 0 Å². The highest BCUT2D eigenvalue weighted by atomic mass is 16.2. The third-order valence-corrected chi connectivity index (χ3v) is 2.30. The molecule has 1 aliphatic rings. The van der Waals surface area contributed by atoms with E-state index in [-0.39, 0.29) is 0 Å². The first kappa shape index (κ1) is 11.7. The average molecular weight is 210 g/mol. The van der Waals surface area contributed by atoms with E-state index >= 15 is 0 Å². The Morgan fingerprint density at radius 3 is 2.53 bits per heavy atom. The lowest BCUT2D eigenvalue weighted by atomic mass is 10.1. The van der Waals surface area contributed by atoms with Crippen molar-refractivity contribution in [1.29, 1.82) is 0 Å². The SMILES string of the molecule is CO.Nc1ccnc(N2CCCCC2)n1. The maximum Gasteiger partial charge on any atom is 0.227 e. The van der Waals surface area contributed by atoms with Crippen LogP contribution in [0.4, 0.5) is 11.8 Å². The minimum absolute atomic E-state index is 0.551. The van der Waals surface area contributed by atoms with E-state index in [4.69, 9.17) is 10.8 Å². The molecule has 15 heavy (non-hydrogen) atoms. The Kier molecular flexibility index (Phi) is 4.83. The molecule has 1 aromatic rings. The molecular weight excluding hydrogens is 192 g/mol. The summed E-state index contributed by atoms with van der Waals surface area (Å²) in [6.45, 7) is 2.12. The fourth-order valence-corrected chi connectivity index (χ4v) is 1.61. The monoisotopic (exact) mass is 210 g/mol. The van der Waals surface area contributed by atoms with Gasteiger partial charge in [0, 0.05) is 26.4 Å². The van der Waals surface area contributed by atoms with E-state index in [9.17, 15) is 0 Å². The van der Waals surface area contributed by atoms with Gasteiger partial charge in [-0.25, -0.2) is 4.98 Å². The molecule has 1 aromatic heterocycles. The maximum atomic E-state index is 7.00. The predicted molar refractivity (Wildman–Crippen MR) is 60.7 cm³/mol. The van der Waals surface area contributed by atoms with Crippen molar-refractivity contribution in [2.45, 2.75) is 19.3 Å². The molecule has 0 aliphatic carbocycles. The summed E-state index contributed by atoms with van der Waals surface area (Å²) >= 11 is 0. The molecule has 1 fully saturated rings. The number of nitrogens with zero attached hydrogens (tertiary/aromatic N) is 3. The van der Waals surface area contributed by atoms with E-state index in [0.717, 1.165) is 26.1 Å². The molecule has 5 heteroatoms. The van der Waals surface area contributed by atoms with Crippen molar-refractivity contribution in [3.8, 4) is 0 Å². The van der Waals surface area contributed by atoms with E-state index in [1.807, 2.05) is 0 Å². The van der Waals surface area contributed by atoms with Gasteiger partial charge in [0.15, 0.2) is 0 Å². The van der Waals surface area contributed by atoms with Crippen LogP contribution >= 0.6 is 0 Å². The van der Waals surface area contributed by atoms with Gasteiger partial charge in [0.2, 0.25) is 5.95 Å². The van der Waals surface area contributed by atoms with Crippen LogP contribution in [0.1, 0.15) is 19.3 Å². The smallest absolute Gasteiger partial charge is 0.227 e. The van der Waals surface area contributed by atoms with Crippen LogP contribution in [-0.2, 0) is 0 Å². The zero-order valence-corrected chi connectivity index (χ0v) is 9.06. The molecule has 0 aromatic carbocycles. The number of piperidine rings is 1. The van der Waals surface area contributed by atoms with Crippen molar-refractivity contribution in [2.75, 3.05) is 30.8 Å². The Balaban J connectivity index is 0.000000531. The van der Waals surface area contributed by atoms with Gasteiger partial charge < -0.3 is 15.7 Å². The van der Waals surface area contributed by atoms with Gasteiger partial charge in [-0.1, -0.05) is 0 Å². The van der Waals surface area contributed by atoms with Crippen LogP contribution in [0.15, 0.2) is 12.3 Å². The summed E-state index contributed by atoms with van der Waals surface area (Å²) < 4.78 is 0. The molecule has 2 rings (SSSR count). The first-order valence-electron chi connectivity index (χ1n) is 5.14. The third kappa shape index (κ3) is 3.36. The molecule has 0 spiro atoms. The highest BCUT2D eigenvalue weighted by Crippen LogP contribution is 2.15. The summed E-state index contributed by atoms with van der Waals surface area (Å²) in [5.41, 5.74) is 5.59. The Hall–Kier alpha value is -1.36. The van der Waals surface area contributed by atoms with Crippen molar-refractivity contribution in [3.63, 3.8) is 0 Å². The standard InChI is InChI=1S/C9H14N4.CH4O/c10-8-4-5-11-9(12-8)13-6-2-1-3-7-13;1-2/h4-5H,1-3,6-7H2,(H2,10,11,12);2H,1H3. The van der Waals surface area contributed by atoms with Crippen LogP contribution in [0.3, 0.4) is 0 Å². The molecule has 3 N–H and O–H groups in total. The van der Waals surface area contributed by atoms with E-state index in [2.05, 4.69) is 14.9 Å². The van der Waals surface area contributed by atoms with Crippen LogP contribution in [-0.4, -0.2) is 35.3 Å². The molecular formula is C10H18N4O. The molecule has 0 atom stereocenters. The first-order valence-corrected chi connectivity index (χ1v) is 5.14. The minimum atomic E-state index is 0.551. The number of aromatic nitrogens is 2. The average Bonchev–Trinajstić information content (AvgIpc) is 2.33. The van der Waals surface area contributed by atoms with Crippen LogP contribution in [0, 0.1) is 0 Å². The van der Waals surface area contributed by atoms with E-state index in [1.54, 1.807) is 12.3 Å². The van der Waals surface area contributed by atoms with Gasteiger partial charge in [0.25, 0.3) is 0 Å². The fourth-order valence-electron chi connectivity index (χ4n) is 1.61. The predicted octanol–water partition coefficient (Wildman–Crippen LogP) is 0.658. The number of anilines is 2. The molecule has 0 unspecified atom stereocenters. The Morgan fingerprint density at radius 2 is 1.93 bits per heavy atom. The number of nitrogens with two attached hydrogens (primary N) is 1. The summed E-state index contributed by atoms with van der Waals surface area (Å²) in [5.74, 6) is 1.33.